The van der Waals surface area contributed by atoms with Gasteiger partial charge in [-0.15, -0.1) is 5.10 Å². The maximum atomic E-state index is 5.45. The molecule has 6 heteroatoms. The van der Waals surface area contributed by atoms with Crippen LogP contribution in [-0.2, 0) is 0 Å². The fraction of sp³-hybridized carbons (Fsp3) is 0.167. The Morgan fingerprint density at radius 3 is 2.79 bits per heavy atom. The second-order valence-corrected chi connectivity index (χ2v) is 5.73. The molecule has 0 aliphatic carbocycles. The van der Waals surface area contributed by atoms with Crippen LogP contribution in [0.15, 0.2) is 65.7 Å². The van der Waals surface area contributed by atoms with Crippen LogP contribution in [0.3, 0.4) is 0 Å². The van der Waals surface area contributed by atoms with Crippen molar-refractivity contribution < 1.29 is 4.42 Å². The minimum absolute atomic E-state index is 0.00454. The number of hydrogen-bond acceptors (Lipinski definition) is 4. The third-order valence-electron chi connectivity index (χ3n) is 4.12. The second kappa shape index (κ2) is 5.81. The summed E-state index contributed by atoms with van der Waals surface area (Å²) < 4.78 is 9.10. The summed E-state index contributed by atoms with van der Waals surface area (Å²) in [5.74, 6) is 0.859. The van der Waals surface area contributed by atoms with Crippen molar-refractivity contribution in [1.82, 2.24) is 24.8 Å². The van der Waals surface area contributed by atoms with Crippen LogP contribution in [0.25, 0.3) is 16.9 Å². The zero-order valence-corrected chi connectivity index (χ0v) is 13.5. The SMILES string of the molecule is Cc1cc(-n2cccn2)ccc1-c1cn([C@H](C)c2ccco2)nn1. The van der Waals surface area contributed by atoms with Crippen molar-refractivity contribution in [2.24, 2.45) is 0 Å². The fourth-order valence-corrected chi connectivity index (χ4v) is 2.75. The Morgan fingerprint density at radius 2 is 2.08 bits per heavy atom. The first-order valence-corrected chi connectivity index (χ1v) is 7.78. The van der Waals surface area contributed by atoms with Gasteiger partial charge in [0, 0.05) is 18.0 Å². The summed E-state index contributed by atoms with van der Waals surface area (Å²) in [6.07, 6.45) is 7.31. The zero-order valence-electron chi connectivity index (χ0n) is 13.5. The number of hydrogen-bond donors (Lipinski definition) is 0. The van der Waals surface area contributed by atoms with Gasteiger partial charge in [-0.1, -0.05) is 11.3 Å². The number of aryl methyl sites for hydroxylation is 1. The van der Waals surface area contributed by atoms with Gasteiger partial charge in [0.15, 0.2) is 0 Å². The highest BCUT2D eigenvalue weighted by molar-refractivity contribution is 5.64. The van der Waals surface area contributed by atoms with Gasteiger partial charge in [0.05, 0.1) is 18.1 Å². The van der Waals surface area contributed by atoms with Crippen LogP contribution in [0, 0.1) is 6.92 Å². The molecule has 0 unspecified atom stereocenters. The Hall–Kier alpha value is -3.15. The molecule has 1 atom stereocenters. The molecule has 0 spiro atoms. The highest BCUT2D eigenvalue weighted by Crippen LogP contribution is 2.25. The molecule has 120 valence electrons. The van der Waals surface area contributed by atoms with E-state index >= 15 is 0 Å². The molecule has 0 amide bonds. The maximum Gasteiger partial charge on any atom is 0.128 e. The largest absolute Gasteiger partial charge is 0.467 e. The number of aromatic nitrogens is 5. The molecular formula is C18H17N5O. The first kappa shape index (κ1) is 14.4. The molecule has 0 aliphatic heterocycles. The third-order valence-corrected chi connectivity index (χ3v) is 4.12. The molecule has 1 aromatic carbocycles. The van der Waals surface area contributed by atoms with Gasteiger partial charge in [-0.3, -0.25) is 0 Å². The van der Waals surface area contributed by atoms with E-state index in [2.05, 4.69) is 34.5 Å². The van der Waals surface area contributed by atoms with E-state index in [-0.39, 0.29) is 6.04 Å². The highest BCUT2D eigenvalue weighted by atomic mass is 16.3. The zero-order chi connectivity index (χ0) is 16.5. The molecule has 0 aliphatic rings. The molecule has 0 saturated carbocycles. The minimum Gasteiger partial charge on any atom is -0.467 e. The molecule has 0 radical (unpaired) electrons. The average molecular weight is 319 g/mol. The first-order chi connectivity index (χ1) is 11.7. The first-order valence-electron chi connectivity index (χ1n) is 7.78. The lowest BCUT2D eigenvalue weighted by atomic mass is 10.1. The summed E-state index contributed by atoms with van der Waals surface area (Å²) >= 11 is 0. The van der Waals surface area contributed by atoms with Crippen molar-refractivity contribution in [3.63, 3.8) is 0 Å². The Kier molecular flexibility index (Phi) is 3.49. The van der Waals surface area contributed by atoms with Crippen molar-refractivity contribution in [2.75, 3.05) is 0 Å². The molecule has 4 rings (SSSR count). The Balaban J connectivity index is 1.65. The van der Waals surface area contributed by atoms with Gasteiger partial charge in [-0.2, -0.15) is 5.10 Å². The normalized spacial score (nSPS) is 12.4. The number of rotatable bonds is 4. The van der Waals surface area contributed by atoms with Gasteiger partial charge in [-0.25, -0.2) is 9.36 Å². The monoisotopic (exact) mass is 319 g/mol. The van der Waals surface area contributed by atoms with Gasteiger partial charge < -0.3 is 4.42 Å². The Bertz CT molecular complexity index is 938. The Labute approximate surface area is 139 Å². The van der Waals surface area contributed by atoms with E-state index in [1.807, 2.05) is 52.9 Å². The molecule has 0 saturated heterocycles. The van der Waals surface area contributed by atoms with Crippen LogP contribution in [0.5, 0.6) is 0 Å². The van der Waals surface area contributed by atoms with Crippen LogP contribution in [0.1, 0.15) is 24.3 Å². The van der Waals surface area contributed by atoms with E-state index in [4.69, 9.17) is 4.42 Å². The molecule has 0 fully saturated rings. The van der Waals surface area contributed by atoms with Crippen LogP contribution >= 0.6 is 0 Å². The van der Waals surface area contributed by atoms with E-state index in [9.17, 15) is 0 Å². The van der Waals surface area contributed by atoms with Crippen LogP contribution in [0.4, 0.5) is 0 Å². The lowest BCUT2D eigenvalue weighted by molar-refractivity contribution is 0.419. The minimum atomic E-state index is 0.00454. The molecule has 4 aromatic rings. The van der Waals surface area contributed by atoms with Crippen molar-refractivity contribution in [3.05, 3.63) is 72.6 Å². The van der Waals surface area contributed by atoms with Crippen LogP contribution in [-0.4, -0.2) is 24.8 Å². The van der Waals surface area contributed by atoms with Crippen molar-refractivity contribution in [1.29, 1.82) is 0 Å². The summed E-state index contributed by atoms with van der Waals surface area (Å²) in [6.45, 7) is 4.10. The van der Waals surface area contributed by atoms with Crippen LogP contribution < -0.4 is 0 Å². The fourth-order valence-electron chi connectivity index (χ4n) is 2.75. The molecule has 3 aromatic heterocycles. The van der Waals surface area contributed by atoms with Crippen molar-refractivity contribution in [3.8, 4) is 16.9 Å². The van der Waals surface area contributed by atoms with Gasteiger partial charge in [-0.05, 0) is 49.7 Å². The van der Waals surface area contributed by atoms with Crippen LogP contribution in [0.2, 0.25) is 0 Å². The topological polar surface area (TPSA) is 61.7 Å². The molecule has 3 heterocycles. The van der Waals surface area contributed by atoms with Gasteiger partial charge in [0.2, 0.25) is 0 Å². The Morgan fingerprint density at radius 1 is 1.17 bits per heavy atom. The molecule has 0 N–H and O–H groups in total. The van der Waals surface area contributed by atoms with E-state index in [1.54, 1.807) is 12.5 Å². The summed E-state index contributed by atoms with van der Waals surface area (Å²) in [7, 11) is 0. The summed E-state index contributed by atoms with van der Waals surface area (Å²) in [5, 5.41) is 12.8. The quantitative estimate of drug-likeness (QED) is 0.576. The summed E-state index contributed by atoms with van der Waals surface area (Å²) in [5.41, 5.74) is 4.06. The smallest absolute Gasteiger partial charge is 0.128 e. The maximum absolute atomic E-state index is 5.45. The van der Waals surface area contributed by atoms with E-state index in [1.165, 1.54) is 0 Å². The predicted molar refractivity (Wildman–Crippen MR) is 89.8 cm³/mol. The molecular weight excluding hydrogens is 302 g/mol. The van der Waals surface area contributed by atoms with E-state index in [0.29, 0.717) is 0 Å². The molecule has 6 nitrogen and oxygen atoms in total. The lowest BCUT2D eigenvalue weighted by Gasteiger charge is -2.08. The number of nitrogens with zero attached hydrogens (tertiary/aromatic N) is 5. The van der Waals surface area contributed by atoms with Crippen molar-refractivity contribution >= 4 is 0 Å². The molecule has 24 heavy (non-hydrogen) atoms. The second-order valence-electron chi connectivity index (χ2n) is 5.73. The summed E-state index contributed by atoms with van der Waals surface area (Å²) in [4.78, 5) is 0. The average Bonchev–Trinajstić information content (AvgIpc) is 3.35. The highest BCUT2D eigenvalue weighted by Gasteiger charge is 2.14. The standard InChI is InChI=1S/C18H17N5O/c1-13-11-15(22-9-4-8-19-22)6-7-16(13)17-12-23(21-20-17)14(2)18-5-3-10-24-18/h3-12,14H,1-2H3/t14-/m1/s1. The third kappa shape index (κ3) is 2.52. The van der Waals surface area contributed by atoms with Gasteiger partial charge in [0.1, 0.15) is 17.5 Å². The van der Waals surface area contributed by atoms with Crippen molar-refractivity contribution in [2.45, 2.75) is 19.9 Å². The predicted octanol–water partition coefficient (Wildman–Crippen LogP) is 3.64. The number of furan rings is 1. The van der Waals surface area contributed by atoms with Gasteiger partial charge >= 0.3 is 0 Å². The van der Waals surface area contributed by atoms with Gasteiger partial charge in [0.25, 0.3) is 0 Å². The van der Waals surface area contributed by atoms with E-state index < -0.39 is 0 Å². The summed E-state index contributed by atoms with van der Waals surface area (Å²) in [6, 6.07) is 11.9. The van der Waals surface area contributed by atoms with E-state index in [0.717, 1.165) is 28.3 Å². The number of benzene rings is 1. The molecule has 0 bridgehead atoms. The lowest BCUT2D eigenvalue weighted by Crippen LogP contribution is -2.06.